The molecule has 0 atom stereocenters. The van der Waals surface area contributed by atoms with Gasteiger partial charge in [0.25, 0.3) is 0 Å². The quantitative estimate of drug-likeness (QED) is 0.538. The van der Waals surface area contributed by atoms with Crippen LogP contribution in [0.1, 0.15) is 55.6 Å². The van der Waals surface area contributed by atoms with E-state index in [2.05, 4.69) is 31.3 Å². The van der Waals surface area contributed by atoms with Crippen molar-refractivity contribution in [2.45, 2.75) is 59.5 Å². The standard InChI is InChI=1S/C24H35N5O.2ClH/c1-16(2)13-21-20(15-26)22(19-9-7-18(14-25)8-10-19)23(17(3)27-21)28-24(30)29-11-5-4-6-12-29;;/h7-10,16H,4-6,11-15,25-26H2,1-3H3,(H,28,30);2*1H. The maximum absolute atomic E-state index is 13.0. The summed E-state index contributed by atoms with van der Waals surface area (Å²) >= 11 is 0. The van der Waals surface area contributed by atoms with Crippen molar-refractivity contribution in [2.24, 2.45) is 17.4 Å². The average Bonchev–Trinajstić information content (AvgIpc) is 2.75. The van der Waals surface area contributed by atoms with Crippen molar-refractivity contribution in [2.75, 3.05) is 18.4 Å². The molecule has 1 aromatic carbocycles. The summed E-state index contributed by atoms with van der Waals surface area (Å²) in [6, 6.07) is 8.13. The van der Waals surface area contributed by atoms with Gasteiger partial charge in [-0.25, -0.2) is 4.79 Å². The van der Waals surface area contributed by atoms with Crippen molar-refractivity contribution in [3.8, 4) is 11.1 Å². The number of nitrogens with two attached hydrogens (primary N) is 2. The second-order valence-electron chi connectivity index (χ2n) is 8.55. The van der Waals surface area contributed by atoms with E-state index in [1.807, 2.05) is 24.0 Å². The molecule has 32 heavy (non-hydrogen) atoms. The molecule has 5 N–H and O–H groups in total. The van der Waals surface area contributed by atoms with E-state index >= 15 is 0 Å². The smallest absolute Gasteiger partial charge is 0.321 e. The third-order valence-corrected chi connectivity index (χ3v) is 5.72. The Labute approximate surface area is 204 Å². The fourth-order valence-electron chi connectivity index (χ4n) is 4.14. The summed E-state index contributed by atoms with van der Waals surface area (Å²) in [6.45, 7) is 8.79. The minimum atomic E-state index is -0.0565. The SMILES string of the molecule is Cc1nc(CC(C)C)c(CN)c(-c2ccc(CN)cc2)c1NC(=O)N1CCCCC1.Cl.Cl. The lowest BCUT2D eigenvalue weighted by atomic mass is 9.92. The number of likely N-dealkylation sites (tertiary alicyclic amines) is 1. The Balaban J connectivity index is 0.00000256. The minimum Gasteiger partial charge on any atom is -0.326 e. The maximum atomic E-state index is 13.0. The number of pyridine rings is 1. The number of aromatic nitrogens is 1. The number of nitrogens with one attached hydrogen (secondary N) is 1. The third kappa shape index (κ3) is 6.58. The second-order valence-corrected chi connectivity index (χ2v) is 8.55. The fourth-order valence-corrected chi connectivity index (χ4v) is 4.14. The molecule has 1 aliphatic heterocycles. The molecule has 1 aromatic heterocycles. The van der Waals surface area contributed by atoms with Crippen molar-refractivity contribution in [3.05, 3.63) is 46.8 Å². The predicted octanol–water partition coefficient (Wildman–Crippen LogP) is 5.03. The highest BCUT2D eigenvalue weighted by atomic mass is 35.5. The Kier molecular flexibility index (Phi) is 11.4. The molecule has 1 aliphatic rings. The number of anilines is 1. The van der Waals surface area contributed by atoms with Gasteiger partial charge in [0.1, 0.15) is 0 Å². The van der Waals surface area contributed by atoms with Gasteiger partial charge in [0.2, 0.25) is 0 Å². The number of rotatable bonds is 6. The molecule has 2 heterocycles. The van der Waals surface area contributed by atoms with Crippen molar-refractivity contribution in [1.82, 2.24) is 9.88 Å². The molecule has 6 nitrogen and oxygen atoms in total. The summed E-state index contributed by atoms with van der Waals surface area (Å²) in [5, 5.41) is 3.18. The molecule has 0 aliphatic carbocycles. The molecular weight excluding hydrogens is 445 g/mol. The van der Waals surface area contributed by atoms with Crippen LogP contribution in [0, 0.1) is 12.8 Å². The summed E-state index contributed by atoms with van der Waals surface area (Å²) in [6.07, 6.45) is 4.14. The molecule has 1 fully saturated rings. The van der Waals surface area contributed by atoms with Crippen molar-refractivity contribution in [3.63, 3.8) is 0 Å². The molecule has 0 unspecified atom stereocenters. The van der Waals surface area contributed by atoms with Crippen LogP contribution in [-0.4, -0.2) is 29.0 Å². The van der Waals surface area contributed by atoms with E-state index in [0.717, 1.165) is 71.7 Å². The van der Waals surface area contributed by atoms with Gasteiger partial charge in [-0.05, 0) is 55.2 Å². The number of benzene rings is 1. The number of carbonyl (C=O) groups is 1. The van der Waals surface area contributed by atoms with Crippen LogP contribution in [0.3, 0.4) is 0 Å². The van der Waals surface area contributed by atoms with Gasteiger partial charge in [0.05, 0.1) is 11.4 Å². The number of amides is 2. The van der Waals surface area contributed by atoms with Crippen LogP contribution in [0.2, 0.25) is 0 Å². The summed E-state index contributed by atoms with van der Waals surface area (Å²) in [4.78, 5) is 19.8. The normalized spacial score (nSPS) is 13.4. The molecule has 1 saturated heterocycles. The van der Waals surface area contributed by atoms with E-state index in [-0.39, 0.29) is 30.8 Å². The Morgan fingerprint density at radius 3 is 2.22 bits per heavy atom. The van der Waals surface area contributed by atoms with E-state index in [4.69, 9.17) is 16.5 Å². The molecule has 3 rings (SSSR count). The van der Waals surface area contributed by atoms with Crippen LogP contribution in [0.5, 0.6) is 0 Å². The first-order valence-electron chi connectivity index (χ1n) is 11.0. The van der Waals surface area contributed by atoms with Crippen molar-refractivity contribution in [1.29, 1.82) is 0 Å². The Morgan fingerprint density at radius 2 is 1.69 bits per heavy atom. The zero-order valence-corrected chi connectivity index (χ0v) is 21.0. The summed E-state index contributed by atoms with van der Waals surface area (Å²) in [5.41, 5.74) is 18.7. The van der Waals surface area contributed by atoms with Gasteiger partial charge in [0.15, 0.2) is 0 Å². The van der Waals surface area contributed by atoms with E-state index in [0.29, 0.717) is 19.0 Å². The number of carbonyl (C=O) groups excluding carboxylic acids is 1. The number of aryl methyl sites for hydroxylation is 1. The van der Waals surface area contributed by atoms with Gasteiger partial charge in [-0.2, -0.15) is 0 Å². The lowest BCUT2D eigenvalue weighted by Crippen LogP contribution is -2.39. The van der Waals surface area contributed by atoms with E-state index < -0.39 is 0 Å². The summed E-state index contributed by atoms with van der Waals surface area (Å²) < 4.78 is 0. The largest absolute Gasteiger partial charge is 0.326 e. The van der Waals surface area contributed by atoms with Crippen LogP contribution < -0.4 is 16.8 Å². The Bertz CT molecular complexity index is 881. The first-order valence-corrected chi connectivity index (χ1v) is 11.0. The molecule has 2 aromatic rings. The first kappa shape index (κ1) is 28.2. The monoisotopic (exact) mass is 481 g/mol. The number of halogens is 2. The van der Waals surface area contributed by atoms with Gasteiger partial charge in [-0.3, -0.25) is 4.98 Å². The highest BCUT2D eigenvalue weighted by Crippen LogP contribution is 2.36. The summed E-state index contributed by atoms with van der Waals surface area (Å²) in [7, 11) is 0. The van der Waals surface area contributed by atoms with E-state index in [1.54, 1.807) is 0 Å². The first-order chi connectivity index (χ1) is 14.4. The van der Waals surface area contributed by atoms with Crippen LogP contribution in [0.15, 0.2) is 24.3 Å². The zero-order chi connectivity index (χ0) is 21.7. The zero-order valence-electron chi connectivity index (χ0n) is 19.3. The Morgan fingerprint density at radius 1 is 1.06 bits per heavy atom. The highest BCUT2D eigenvalue weighted by molar-refractivity contribution is 5.96. The molecule has 2 amide bonds. The molecule has 0 saturated carbocycles. The Hall–Kier alpha value is -1.86. The van der Waals surface area contributed by atoms with Gasteiger partial charge in [0, 0.05) is 37.4 Å². The molecule has 0 radical (unpaired) electrons. The van der Waals surface area contributed by atoms with Crippen LogP contribution >= 0.6 is 24.8 Å². The van der Waals surface area contributed by atoms with E-state index in [9.17, 15) is 4.79 Å². The number of urea groups is 1. The van der Waals surface area contributed by atoms with Crippen LogP contribution in [0.4, 0.5) is 10.5 Å². The average molecular weight is 483 g/mol. The topological polar surface area (TPSA) is 97.3 Å². The lowest BCUT2D eigenvalue weighted by Gasteiger charge is -2.28. The van der Waals surface area contributed by atoms with Crippen LogP contribution in [-0.2, 0) is 19.5 Å². The number of hydrogen-bond donors (Lipinski definition) is 3. The summed E-state index contributed by atoms with van der Waals surface area (Å²) in [5.74, 6) is 0.462. The molecule has 0 spiro atoms. The lowest BCUT2D eigenvalue weighted by molar-refractivity contribution is 0.200. The van der Waals surface area contributed by atoms with Crippen molar-refractivity contribution >= 4 is 36.5 Å². The number of piperidine rings is 1. The second kappa shape index (κ2) is 13.0. The van der Waals surface area contributed by atoms with Gasteiger partial charge in [-0.1, -0.05) is 38.1 Å². The molecule has 178 valence electrons. The van der Waals surface area contributed by atoms with Gasteiger partial charge in [-0.15, -0.1) is 24.8 Å². The minimum absolute atomic E-state index is 0. The number of hydrogen-bond acceptors (Lipinski definition) is 4. The molecule has 8 heteroatoms. The predicted molar refractivity (Wildman–Crippen MR) is 138 cm³/mol. The molecular formula is C24H37Cl2N5O. The fraction of sp³-hybridized carbons (Fsp3) is 0.500. The highest BCUT2D eigenvalue weighted by Gasteiger charge is 2.23. The van der Waals surface area contributed by atoms with Gasteiger partial charge >= 0.3 is 6.03 Å². The van der Waals surface area contributed by atoms with Crippen molar-refractivity contribution < 1.29 is 4.79 Å². The number of nitrogens with zero attached hydrogens (tertiary/aromatic N) is 2. The van der Waals surface area contributed by atoms with E-state index in [1.165, 1.54) is 6.42 Å². The molecule has 0 bridgehead atoms. The maximum Gasteiger partial charge on any atom is 0.321 e. The third-order valence-electron chi connectivity index (χ3n) is 5.72. The van der Waals surface area contributed by atoms with Gasteiger partial charge < -0.3 is 21.7 Å². The van der Waals surface area contributed by atoms with Crippen LogP contribution in [0.25, 0.3) is 11.1 Å².